The summed E-state index contributed by atoms with van der Waals surface area (Å²) >= 11 is 1.40. The van der Waals surface area contributed by atoms with Crippen LogP contribution in [0.5, 0.6) is 0 Å². The van der Waals surface area contributed by atoms with Crippen LogP contribution in [0.1, 0.15) is 36.8 Å². The van der Waals surface area contributed by atoms with Gasteiger partial charge in [0, 0.05) is 30.1 Å². The monoisotopic (exact) mass is 405 g/mol. The maximum atomic E-state index is 12.9. The van der Waals surface area contributed by atoms with Crippen molar-refractivity contribution in [2.45, 2.75) is 32.1 Å². The number of rotatable bonds is 5. The van der Waals surface area contributed by atoms with E-state index >= 15 is 0 Å². The summed E-state index contributed by atoms with van der Waals surface area (Å²) in [5.41, 5.74) is 4.84. The highest BCUT2D eigenvalue weighted by Gasteiger charge is 2.33. The van der Waals surface area contributed by atoms with E-state index in [0.717, 1.165) is 35.3 Å². The Bertz CT molecular complexity index is 1040. The highest BCUT2D eigenvalue weighted by molar-refractivity contribution is 7.14. The summed E-state index contributed by atoms with van der Waals surface area (Å²) < 4.78 is 0. The molecule has 0 fully saturated rings. The number of nitrogens with one attached hydrogen (secondary N) is 1. The average Bonchev–Trinajstić information content (AvgIpc) is 3.20. The average molecular weight is 406 g/mol. The van der Waals surface area contributed by atoms with Gasteiger partial charge < -0.3 is 10.2 Å². The van der Waals surface area contributed by atoms with Gasteiger partial charge in [-0.3, -0.25) is 9.59 Å². The van der Waals surface area contributed by atoms with Gasteiger partial charge in [0.25, 0.3) is 0 Å². The Morgan fingerprint density at radius 1 is 1.21 bits per heavy atom. The fraction of sp³-hybridized carbons (Fsp3) is 0.261. The van der Waals surface area contributed by atoms with Crippen molar-refractivity contribution in [3.05, 3.63) is 65.0 Å². The van der Waals surface area contributed by atoms with Gasteiger partial charge in [-0.15, -0.1) is 11.3 Å². The van der Waals surface area contributed by atoms with E-state index in [1.54, 1.807) is 11.9 Å². The molecule has 2 aromatic carbocycles. The van der Waals surface area contributed by atoms with Crippen LogP contribution in [0.2, 0.25) is 0 Å². The number of hydrogen-bond acceptors (Lipinski definition) is 4. The minimum Gasteiger partial charge on any atom is -0.315 e. The second-order valence-corrected chi connectivity index (χ2v) is 8.10. The molecule has 0 radical (unpaired) electrons. The lowest BCUT2D eigenvalue weighted by atomic mass is 9.89. The van der Waals surface area contributed by atoms with Crippen molar-refractivity contribution < 1.29 is 9.59 Å². The summed E-state index contributed by atoms with van der Waals surface area (Å²) in [6.07, 6.45) is 2.35. The van der Waals surface area contributed by atoms with Gasteiger partial charge in [0.1, 0.15) is 0 Å². The number of nitrogens with zero attached hydrogens (tertiary/aromatic N) is 2. The van der Waals surface area contributed by atoms with Gasteiger partial charge in [-0.25, -0.2) is 4.98 Å². The van der Waals surface area contributed by atoms with Gasteiger partial charge >= 0.3 is 0 Å². The number of hydrogen-bond donors (Lipinski definition) is 1. The molecule has 1 unspecified atom stereocenters. The van der Waals surface area contributed by atoms with Crippen LogP contribution in [0.4, 0.5) is 10.8 Å². The van der Waals surface area contributed by atoms with E-state index < -0.39 is 5.92 Å². The summed E-state index contributed by atoms with van der Waals surface area (Å²) in [5.74, 6) is -0.760. The van der Waals surface area contributed by atoms with Crippen LogP contribution in [0.15, 0.2) is 53.9 Å². The Morgan fingerprint density at radius 2 is 1.97 bits per heavy atom. The Hall–Kier alpha value is -2.99. The standard InChI is InChI=1S/C23H23N3O2S/c1-3-6-15-9-11-16(12-10-15)19-14-29-23(24-19)25-22(28)18-13-21(27)26(2)20-8-5-4-7-17(18)20/h4-5,7-12,14,18H,3,6,13H2,1-2H3,(H,24,25,28). The SMILES string of the molecule is CCCc1ccc(-c2csc(NC(=O)C3CC(=O)N(C)c4ccccc43)n2)cc1. The van der Waals surface area contributed by atoms with Crippen LogP contribution in [0.3, 0.4) is 0 Å². The molecule has 4 rings (SSSR count). The van der Waals surface area contributed by atoms with Crippen molar-refractivity contribution >= 4 is 34.0 Å². The second-order valence-electron chi connectivity index (χ2n) is 7.24. The number of thiazole rings is 1. The molecule has 3 aromatic rings. The second kappa shape index (κ2) is 8.17. The summed E-state index contributed by atoms with van der Waals surface area (Å²) in [4.78, 5) is 31.4. The largest absolute Gasteiger partial charge is 0.315 e. The maximum Gasteiger partial charge on any atom is 0.234 e. The molecule has 1 atom stereocenters. The van der Waals surface area contributed by atoms with E-state index in [9.17, 15) is 9.59 Å². The van der Waals surface area contributed by atoms with Crippen molar-refractivity contribution in [1.29, 1.82) is 0 Å². The van der Waals surface area contributed by atoms with E-state index in [4.69, 9.17) is 0 Å². The van der Waals surface area contributed by atoms with Crippen LogP contribution in [-0.2, 0) is 16.0 Å². The maximum absolute atomic E-state index is 12.9. The summed E-state index contributed by atoms with van der Waals surface area (Å²) in [7, 11) is 1.74. The minimum absolute atomic E-state index is 0.0594. The zero-order valence-electron chi connectivity index (χ0n) is 16.5. The quantitative estimate of drug-likeness (QED) is 0.660. The summed E-state index contributed by atoms with van der Waals surface area (Å²) in [6.45, 7) is 2.17. The third kappa shape index (κ3) is 3.93. The normalized spacial score (nSPS) is 15.9. The number of anilines is 2. The predicted octanol–water partition coefficient (Wildman–Crippen LogP) is 4.85. The van der Waals surface area contributed by atoms with Crippen molar-refractivity contribution in [3.63, 3.8) is 0 Å². The number of aromatic nitrogens is 1. The van der Waals surface area contributed by atoms with E-state index in [2.05, 4.69) is 41.5 Å². The van der Waals surface area contributed by atoms with Gasteiger partial charge in [0.2, 0.25) is 11.8 Å². The first-order chi connectivity index (χ1) is 14.1. The molecule has 29 heavy (non-hydrogen) atoms. The molecule has 1 aromatic heterocycles. The molecular weight excluding hydrogens is 382 g/mol. The molecule has 1 aliphatic rings. The molecule has 6 heteroatoms. The number of amides is 2. The van der Waals surface area contributed by atoms with Crippen LogP contribution in [0, 0.1) is 0 Å². The highest BCUT2D eigenvalue weighted by atomic mass is 32.1. The number of carbonyl (C=O) groups is 2. The third-order valence-corrected chi connectivity index (χ3v) is 6.02. The molecule has 0 bridgehead atoms. The number of aryl methyl sites for hydroxylation is 1. The molecular formula is C23H23N3O2S. The molecule has 5 nitrogen and oxygen atoms in total. The number of carbonyl (C=O) groups excluding carboxylic acids is 2. The molecule has 0 spiro atoms. The number of benzene rings is 2. The van der Waals surface area contributed by atoms with Crippen LogP contribution >= 0.6 is 11.3 Å². The predicted molar refractivity (Wildman–Crippen MR) is 117 cm³/mol. The van der Waals surface area contributed by atoms with Crippen LogP contribution < -0.4 is 10.2 Å². The fourth-order valence-corrected chi connectivity index (χ4v) is 4.39. The van der Waals surface area contributed by atoms with E-state index in [-0.39, 0.29) is 18.2 Å². The molecule has 2 amide bonds. The lowest BCUT2D eigenvalue weighted by Gasteiger charge is -2.30. The van der Waals surface area contributed by atoms with Crippen molar-refractivity contribution in [2.75, 3.05) is 17.3 Å². The van der Waals surface area contributed by atoms with Crippen molar-refractivity contribution in [3.8, 4) is 11.3 Å². The van der Waals surface area contributed by atoms with E-state index in [0.29, 0.717) is 5.13 Å². The van der Waals surface area contributed by atoms with Gasteiger partial charge in [0.15, 0.2) is 5.13 Å². The van der Waals surface area contributed by atoms with Gasteiger partial charge in [-0.05, 0) is 23.6 Å². The Morgan fingerprint density at radius 3 is 2.72 bits per heavy atom. The number of fused-ring (bicyclic) bond motifs is 1. The van der Waals surface area contributed by atoms with Crippen LogP contribution in [0.25, 0.3) is 11.3 Å². The Balaban J connectivity index is 1.51. The lowest BCUT2D eigenvalue weighted by Crippen LogP contribution is -2.37. The first-order valence-corrected chi connectivity index (χ1v) is 10.7. The molecule has 0 aliphatic carbocycles. The Kier molecular flexibility index (Phi) is 5.45. The topological polar surface area (TPSA) is 62.3 Å². The Labute approximate surface area is 174 Å². The molecule has 2 heterocycles. The third-order valence-electron chi connectivity index (χ3n) is 5.27. The van der Waals surface area contributed by atoms with E-state index in [1.165, 1.54) is 16.9 Å². The summed E-state index contributed by atoms with van der Waals surface area (Å²) in [6, 6.07) is 15.9. The molecule has 1 aliphatic heterocycles. The fourth-order valence-electron chi connectivity index (χ4n) is 3.66. The zero-order chi connectivity index (χ0) is 20.4. The van der Waals surface area contributed by atoms with Crippen molar-refractivity contribution in [1.82, 2.24) is 4.98 Å². The van der Waals surface area contributed by atoms with Crippen LogP contribution in [-0.4, -0.2) is 23.8 Å². The zero-order valence-corrected chi connectivity index (χ0v) is 17.3. The summed E-state index contributed by atoms with van der Waals surface area (Å²) in [5, 5.41) is 5.40. The molecule has 0 saturated heterocycles. The van der Waals surface area contributed by atoms with Gasteiger partial charge in [-0.2, -0.15) is 0 Å². The van der Waals surface area contributed by atoms with Gasteiger partial charge in [-0.1, -0.05) is 55.8 Å². The smallest absolute Gasteiger partial charge is 0.234 e. The lowest BCUT2D eigenvalue weighted by molar-refractivity contribution is -0.124. The molecule has 1 N–H and O–H groups in total. The number of para-hydroxylation sites is 1. The first-order valence-electron chi connectivity index (χ1n) is 9.78. The molecule has 148 valence electrons. The van der Waals surface area contributed by atoms with E-state index in [1.807, 2.05) is 29.6 Å². The minimum atomic E-state index is -0.504. The first kappa shape index (κ1) is 19.3. The van der Waals surface area contributed by atoms with Gasteiger partial charge in [0.05, 0.1) is 11.6 Å². The molecule has 0 saturated carbocycles. The van der Waals surface area contributed by atoms with Crippen molar-refractivity contribution in [2.24, 2.45) is 0 Å². The highest BCUT2D eigenvalue weighted by Crippen LogP contribution is 2.36.